The van der Waals surface area contributed by atoms with Crippen LogP contribution in [0.15, 0.2) is 66.7 Å². The van der Waals surface area contributed by atoms with Crippen molar-refractivity contribution in [2.45, 2.75) is 124 Å². The molecule has 1 aliphatic carbocycles. The third-order valence-electron chi connectivity index (χ3n) is 11.0. The van der Waals surface area contributed by atoms with Crippen molar-refractivity contribution < 1.29 is 38.2 Å². The maximum Gasteiger partial charge on any atom is 0.410 e. The highest BCUT2D eigenvalue weighted by atomic mass is 16.6. The molecule has 4 atom stereocenters. The number of likely N-dealkylation sites (N-methyl/N-ethyl adjacent to an activating group) is 1. The lowest BCUT2D eigenvalue weighted by Crippen LogP contribution is -2.62. The van der Waals surface area contributed by atoms with Crippen molar-refractivity contribution in [1.29, 1.82) is 0 Å². The van der Waals surface area contributed by atoms with Crippen LogP contribution < -0.4 is 15.5 Å². The molecule has 316 valence electrons. The minimum Gasteiger partial charge on any atom is -0.465 e. The normalized spacial score (nSPS) is 17.3. The number of methoxy groups -OCH3 is 1. The van der Waals surface area contributed by atoms with Crippen molar-refractivity contribution in [3.05, 3.63) is 100 Å². The number of amides is 5. The zero-order valence-electron chi connectivity index (χ0n) is 36.0. The predicted molar refractivity (Wildman–Crippen MR) is 224 cm³/mol. The summed E-state index contributed by atoms with van der Waals surface area (Å²) in [5.74, 6) is -1.97. The maximum absolute atomic E-state index is 15.0. The third kappa shape index (κ3) is 10.7. The maximum atomic E-state index is 15.0. The highest BCUT2D eigenvalue weighted by Gasteiger charge is 2.43. The number of nitrogens with one attached hydrogen (secondary N) is 2. The quantitative estimate of drug-likeness (QED) is 0.228. The molecule has 0 saturated heterocycles. The van der Waals surface area contributed by atoms with E-state index >= 15 is 4.79 Å². The Morgan fingerprint density at radius 2 is 1.58 bits per heavy atom. The summed E-state index contributed by atoms with van der Waals surface area (Å²) < 4.78 is 10.3. The Morgan fingerprint density at radius 3 is 2.20 bits per heavy atom. The molecule has 2 N–H and O–H groups in total. The van der Waals surface area contributed by atoms with Crippen LogP contribution in [0.5, 0.6) is 0 Å². The van der Waals surface area contributed by atoms with E-state index in [1.165, 1.54) is 36.4 Å². The van der Waals surface area contributed by atoms with Gasteiger partial charge < -0.3 is 29.9 Å². The summed E-state index contributed by atoms with van der Waals surface area (Å²) in [6, 6.07) is 17.3. The molecule has 0 fully saturated rings. The fraction of sp³-hybridized carbons (Fsp3) is 0.478. The summed E-state index contributed by atoms with van der Waals surface area (Å²) in [7, 11) is 2.79. The molecule has 13 heteroatoms. The van der Waals surface area contributed by atoms with Gasteiger partial charge in [0.2, 0.25) is 23.6 Å². The molecule has 2 aliphatic rings. The number of hydrogen-bond acceptors (Lipinski definition) is 8. The molecule has 0 aromatic heterocycles. The first-order valence-corrected chi connectivity index (χ1v) is 20.2. The van der Waals surface area contributed by atoms with Gasteiger partial charge in [0.15, 0.2) is 0 Å². The molecule has 1 heterocycles. The molecular formula is C46H59N5O8. The van der Waals surface area contributed by atoms with Crippen LogP contribution in [0.4, 0.5) is 10.5 Å². The first-order valence-electron chi connectivity index (χ1n) is 20.2. The molecule has 5 rings (SSSR count). The number of hydrogen-bond donors (Lipinski definition) is 2. The molecule has 0 radical (unpaired) electrons. The van der Waals surface area contributed by atoms with Crippen LogP contribution in [-0.2, 0) is 54.6 Å². The zero-order valence-corrected chi connectivity index (χ0v) is 36.0. The lowest BCUT2D eigenvalue weighted by atomic mass is 9.83. The Morgan fingerprint density at radius 1 is 0.898 bits per heavy atom. The van der Waals surface area contributed by atoms with E-state index in [0.29, 0.717) is 11.3 Å². The summed E-state index contributed by atoms with van der Waals surface area (Å²) in [4.78, 5) is 85.6. The van der Waals surface area contributed by atoms with E-state index in [2.05, 4.69) is 16.7 Å². The van der Waals surface area contributed by atoms with Gasteiger partial charge in [0.25, 0.3) is 0 Å². The van der Waals surface area contributed by atoms with Crippen molar-refractivity contribution in [1.82, 2.24) is 20.4 Å². The number of rotatable bonds is 10. The number of nitrogens with zero attached hydrogens (tertiary/aromatic N) is 3. The van der Waals surface area contributed by atoms with E-state index in [1.807, 2.05) is 57.2 Å². The zero-order chi connectivity index (χ0) is 43.4. The van der Waals surface area contributed by atoms with Crippen LogP contribution in [0.1, 0.15) is 112 Å². The van der Waals surface area contributed by atoms with E-state index in [4.69, 9.17) is 9.47 Å². The van der Waals surface area contributed by atoms with Gasteiger partial charge in [-0.2, -0.15) is 0 Å². The number of benzene rings is 3. The molecule has 3 aromatic rings. The minimum absolute atomic E-state index is 0.0384. The molecule has 59 heavy (non-hydrogen) atoms. The van der Waals surface area contributed by atoms with Crippen molar-refractivity contribution in [2.24, 2.45) is 5.41 Å². The van der Waals surface area contributed by atoms with Crippen molar-refractivity contribution in [3.63, 3.8) is 0 Å². The Kier molecular flexibility index (Phi) is 13.6. The Labute approximate surface area is 347 Å². The second-order valence-electron chi connectivity index (χ2n) is 17.7. The van der Waals surface area contributed by atoms with E-state index < -0.39 is 53.0 Å². The topological polar surface area (TPSA) is 155 Å². The summed E-state index contributed by atoms with van der Waals surface area (Å²) >= 11 is 0. The van der Waals surface area contributed by atoms with Gasteiger partial charge in [-0.25, -0.2) is 9.59 Å². The number of carbonyl (C=O) groups is 6. The van der Waals surface area contributed by atoms with Crippen molar-refractivity contribution >= 4 is 41.4 Å². The number of fused-ring (bicyclic) bond motifs is 2. The van der Waals surface area contributed by atoms with Crippen LogP contribution in [0.3, 0.4) is 0 Å². The molecule has 1 aliphatic heterocycles. The highest BCUT2D eigenvalue weighted by molar-refractivity contribution is 5.95. The van der Waals surface area contributed by atoms with Gasteiger partial charge in [-0.1, -0.05) is 63.2 Å². The SMILES string of the molecule is COC(=O)c1ccc(CN(C(C)=O)c2ccc3c(c2)CN(C(=O)[C@@H](NC(=O)[C@H](C)N(C)C(=O)OC(C)(C)C)C(C)(C)C)C(C(=O)NC2CCCc4ccccc42)C3)cc1. The molecule has 0 saturated carbocycles. The summed E-state index contributed by atoms with van der Waals surface area (Å²) in [6.45, 7) is 14.0. The highest BCUT2D eigenvalue weighted by Crippen LogP contribution is 2.34. The average molecular weight is 810 g/mol. The Bertz CT molecular complexity index is 2070. The molecular weight excluding hydrogens is 751 g/mol. The summed E-state index contributed by atoms with van der Waals surface area (Å²) in [5, 5.41) is 6.19. The van der Waals surface area contributed by atoms with Crippen LogP contribution in [-0.4, -0.2) is 83.4 Å². The smallest absolute Gasteiger partial charge is 0.410 e. The first kappa shape index (κ1) is 44.4. The van der Waals surface area contributed by atoms with Crippen LogP contribution in [0, 0.1) is 5.41 Å². The average Bonchev–Trinajstić information content (AvgIpc) is 3.19. The van der Waals surface area contributed by atoms with E-state index in [9.17, 15) is 24.0 Å². The van der Waals surface area contributed by atoms with Crippen molar-refractivity contribution in [3.8, 4) is 0 Å². The van der Waals surface area contributed by atoms with Gasteiger partial charge in [-0.15, -0.1) is 0 Å². The van der Waals surface area contributed by atoms with E-state index in [1.54, 1.807) is 56.9 Å². The number of anilines is 1. The number of ether oxygens (including phenoxy) is 2. The van der Waals surface area contributed by atoms with Crippen LogP contribution >= 0.6 is 0 Å². The van der Waals surface area contributed by atoms with Crippen LogP contribution in [0.25, 0.3) is 0 Å². The second-order valence-corrected chi connectivity index (χ2v) is 17.7. The number of aryl methyl sites for hydroxylation is 1. The van der Waals surface area contributed by atoms with Crippen LogP contribution in [0.2, 0.25) is 0 Å². The Hall–Kier alpha value is -5.72. The Balaban J connectivity index is 1.47. The first-order chi connectivity index (χ1) is 27.7. The summed E-state index contributed by atoms with van der Waals surface area (Å²) in [6.07, 6.45) is 2.13. The standard InChI is InChI=1S/C46H59N5O8/c1-28(49(9)44(57)59-46(6,7)8)40(53)48-39(45(3,4)5)42(55)51-27-34-24-35(50(29(2)52)26-30-18-20-32(21-19-30)43(56)58-10)23-22-33(34)25-38(51)41(54)47-37-17-13-15-31-14-11-12-16-36(31)37/h11-12,14,16,18-24,28,37-39H,13,15,17,25-27H2,1-10H3,(H,47,54)(H,48,53)/t28-,37?,38?,39+/m0/s1. The lowest BCUT2D eigenvalue weighted by molar-refractivity contribution is -0.147. The number of carbonyl (C=O) groups excluding carboxylic acids is 6. The number of esters is 1. The molecule has 0 bridgehead atoms. The molecule has 13 nitrogen and oxygen atoms in total. The second kappa shape index (κ2) is 18.0. The van der Waals surface area contributed by atoms with Gasteiger partial charge in [0, 0.05) is 32.6 Å². The van der Waals surface area contributed by atoms with E-state index in [0.717, 1.165) is 41.5 Å². The minimum atomic E-state index is -1.08. The largest absolute Gasteiger partial charge is 0.465 e. The van der Waals surface area contributed by atoms with E-state index in [-0.39, 0.29) is 37.4 Å². The fourth-order valence-electron chi connectivity index (χ4n) is 7.55. The van der Waals surface area contributed by atoms with Gasteiger partial charge >= 0.3 is 12.1 Å². The third-order valence-corrected chi connectivity index (χ3v) is 11.0. The molecule has 0 spiro atoms. The monoisotopic (exact) mass is 809 g/mol. The molecule has 2 unspecified atom stereocenters. The summed E-state index contributed by atoms with van der Waals surface area (Å²) in [5.41, 5.74) is 4.07. The lowest BCUT2D eigenvalue weighted by Gasteiger charge is -2.42. The van der Waals surface area contributed by atoms with Gasteiger partial charge in [0.1, 0.15) is 23.7 Å². The molecule has 3 aromatic carbocycles. The fourth-order valence-corrected chi connectivity index (χ4v) is 7.55. The van der Waals surface area contributed by atoms with Gasteiger partial charge in [-0.05, 0) is 104 Å². The predicted octanol–water partition coefficient (Wildman–Crippen LogP) is 6.26. The van der Waals surface area contributed by atoms with Crippen molar-refractivity contribution in [2.75, 3.05) is 19.1 Å². The molecule has 5 amide bonds. The van der Waals surface area contributed by atoms with Gasteiger partial charge in [-0.3, -0.25) is 24.1 Å². The van der Waals surface area contributed by atoms with Gasteiger partial charge in [0.05, 0.1) is 25.3 Å².